The van der Waals surface area contributed by atoms with Gasteiger partial charge in [-0.15, -0.1) is 0 Å². The molecule has 0 amide bonds. The third-order valence-electron chi connectivity index (χ3n) is 3.23. The summed E-state index contributed by atoms with van der Waals surface area (Å²) in [4.78, 5) is 0. The Bertz CT molecular complexity index is 638. The van der Waals surface area contributed by atoms with E-state index in [0.717, 1.165) is 28.4 Å². The molecule has 2 aromatic rings. The number of halogens is 2. The van der Waals surface area contributed by atoms with Gasteiger partial charge in [-0.3, -0.25) is 0 Å². The molecule has 1 unspecified atom stereocenters. The molecule has 102 valence electrons. The van der Waals surface area contributed by atoms with E-state index in [9.17, 15) is 0 Å². The molecule has 0 saturated carbocycles. The predicted octanol–water partition coefficient (Wildman–Crippen LogP) is 5.16. The van der Waals surface area contributed by atoms with Crippen molar-refractivity contribution in [3.63, 3.8) is 0 Å². The summed E-state index contributed by atoms with van der Waals surface area (Å²) in [5, 5.41) is 12.1. The summed E-state index contributed by atoms with van der Waals surface area (Å²) < 4.78 is 0. The SMILES string of the molecule is Clc1ccc(CNc2ccc3c(c2)CN=NC3Cl)cc1. The summed E-state index contributed by atoms with van der Waals surface area (Å²) in [6.07, 6.45) is 0. The summed E-state index contributed by atoms with van der Waals surface area (Å²) in [5.74, 6) is 0. The van der Waals surface area contributed by atoms with Gasteiger partial charge < -0.3 is 5.32 Å². The summed E-state index contributed by atoms with van der Waals surface area (Å²) in [6, 6.07) is 13.9. The zero-order valence-electron chi connectivity index (χ0n) is 10.7. The van der Waals surface area contributed by atoms with E-state index in [1.165, 1.54) is 5.56 Å². The molecule has 0 bridgehead atoms. The molecule has 3 nitrogen and oxygen atoms in total. The van der Waals surface area contributed by atoms with Crippen LogP contribution in [-0.4, -0.2) is 0 Å². The average molecular weight is 306 g/mol. The summed E-state index contributed by atoms with van der Waals surface area (Å²) in [6.45, 7) is 1.34. The van der Waals surface area contributed by atoms with Crippen LogP contribution in [0.15, 0.2) is 52.7 Å². The molecule has 0 spiro atoms. The van der Waals surface area contributed by atoms with Crippen LogP contribution in [0.5, 0.6) is 0 Å². The van der Waals surface area contributed by atoms with Crippen LogP contribution in [0, 0.1) is 0 Å². The van der Waals surface area contributed by atoms with Gasteiger partial charge in [0.15, 0.2) is 5.50 Å². The molecular formula is C15H13Cl2N3. The molecule has 1 atom stereocenters. The van der Waals surface area contributed by atoms with Crippen molar-refractivity contribution >= 4 is 28.9 Å². The Morgan fingerprint density at radius 2 is 1.95 bits per heavy atom. The minimum Gasteiger partial charge on any atom is -0.381 e. The Morgan fingerprint density at radius 1 is 1.15 bits per heavy atom. The summed E-state index contributed by atoms with van der Waals surface area (Å²) in [5.41, 5.74) is 4.05. The molecule has 2 aromatic carbocycles. The largest absolute Gasteiger partial charge is 0.381 e. The van der Waals surface area contributed by atoms with Gasteiger partial charge in [0.1, 0.15) is 0 Å². The number of rotatable bonds is 3. The van der Waals surface area contributed by atoms with Gasteiger partial charge in [0, 0.05) is 17.3 Å². The van der Waals surface area contributed by atoms with Gasteiger partial charge >= 0.3 is 0 Å². The van der Waals surface area contributed by atoms with Gasteiger partial charge in [0.25, 0.3) is 0 Å². The molecule has 1 aliphatic rings. The minimum absolute atomic E-state index is 0.357. The molecule has 20 heavy (non-hydrogen) atoms. The Balaban J connectivity index is 1.71. The molecule has 0 radical (unpaired) electrons. The normalized spacial score (nSPS) is 16.8. The number of anilines is 1. The molecule has 0 saturated heterocycles. The van der Waals surface area contributed by atoms with E-state index in [2.05, 4.69) is 21.6 Å². The lowest BCUT2D eigenvalue weighted by Crippen LogP contribution is -2.03. The van der Waals surface area contributed by atoms with Gasteiger partial charge in [0.2, 0.25) is 0 Å². The summed E-state index contributed by atoms with van der Waals surface area (Å²) >= 11 is 12.0. The number of hydrogen-bond acceptors (Lipinski definition) is 3. The quantitative estimate of drug-likeness (QED) is 0.617. The number of fused-ring (bicyclic) bond motifs is 1. The number of nitrogens with zero attached hydrogens (tertiary/aromatic N) is 2. The monoisotopic (exact) mass is 305 g/mol. The van der Waals surface area contributed by atoms with Crippen molar-refractivity contribution in [1.29, 1.82) is 0 Å². The first kappa shape index (κ1) is 13.4. The average Bonchev–Trinajstić information content (AvgIpc) is 2.47. The first-order valence-corrected chi connectivity index (χ1v) is 7.15. The number of nitrogens with one attached hydrogen (secondary N) is 1. The van der Waals surface area contributed by atoms with Gasteiger partial charge in [-0.2, -0.15) is 10.2 Å². The van der Waals surface area contributed by atoms with E-state index in [1.807, 2.05) is 36.4 Å². The van der Waals surface area contributed by atoms with E-state index in [0.29, 0.717) is 6.54 Å². The second-order valence-electron chi connectivity index (χ2n) is 4.64. The zero-order valence-corrected chi connectivity index (χ0v) is 12.2. The van der Waals surface area contributed by atoms with Gasteiger partial charge in [-0.25, -0.2) is 0 Å². The van der Waals surface area contributed by atoms with Gasteiger partial charge in [-0.1, -0.05) is 41.4 Å². The van der Waals surface area contributed by atoms with Crippen LogP contribution in [0.3, 0.4) is 0 Å². The summed E-state index contributed by atoms with van der Waals surface area (Å²) in [7, 11) is 0. The van der Waals surface area contributed by atoms with Crippen molar-refractivity contribution < 1.29 is 0 Å². The van der Waals surface area contributed by atoms with Crippen LogP contribution in [0.25, 0.3) is 0 Å². The van der Waals surface area contributed by atoms with Crippen LogP contribution < -0.4 is 5.32 Å². The fourth-order valence-electron chi connectivity index (χ4n) is 2.14. The third-order valence-corrected chi connectivity index (χ3v) is 3.81. The molecule has 0 fully saturated rings. The maximum atomic E-state index is 6.09. The Labute approximate surface area is 127 Å². The first-order chi connectivity index (χ1) is 9.72. The van der Waals surface area contributed by atoms with Crippen molar-refractivity contribution in [2.45, 2.75) is 18.6 Å². The molecular weight excluding hydrogens is 293 g/mol. The Morgan fingerprint density at radius 3 is 2.75 bits per heavy atom. The minimum atomic E-state index is -0.357. The first-order valence-electron chi connectivity index (χ1n) is 6.34. The number of alkyl halides is 1. The molecule has 1 N–H and O–H groups in total. The highest BCUT2D eigenvalue weighted by atomic mass is 35.5. The van der Waals surface area contributed by atoms with Crippen LogP contribution in [-0.2, 0) is 13.1 Å². The van der Waals surface area contributed by atoms with E-state index in [4.69, 9.17) is 23.2 Å². The maximum Gasteiger partial charge on any atom is 0.169 e. The number of benzene rings is 2. The Kier molecular flexibility index (Phi) is 3.90. The third kappa shape index (κ3) is 2.94. The highest BCUT2D eigenvalue weighted by Gasteiger charge is 2.15. The second-order valence-corrected chi connectivity index (χ2v) is 5.49. The highest BCUT2D eigenvalue weighted by Crippen LogP contribution is 2.32. The van der Waals surface area contributed by atoms with E-state index < -0.39 is 0 Å². The lowest BCUT2D eigenvalue weighted by atomic mass is 10.1. The van der Waals surface area contributed by atoms with E-state index in [1.54, 1.807) is 0 Å². The highest BCUT2D eigenvalue weighted by molar-refractivity contribution is 6.30. The molecule has 1 aliphatic heterocycles. The lowest BCUT2D eigenvalue weighted by molar-refractivity contribution is 0.769. The van der Waals surface area contributed by atoms with Crippen LogP contribution >= 0.6 is 23.2 Å². The molecule has 5 heteroatoms. The Hall–Kier alpha value is -1.58. The van der Waals surface area contributed by atoms with Crippen molar-refractivity contribution in [3.8, 4) is 0 Å². The maximum absolute atomic E-state index is 6.09. The smallest absolute Gasteiger partial charge is 0.169 e. The molecule has 3 rings (SSSR count). The molecule has 0 aromatic heterocycles. The fraction of sp³-hybridized carbons (Fsp3) is 0.200. The van der Waals surface area contributed by atoms with Crippen molar-refractivity contribution in [1.82, 2.24) is 0 Å². The van der Waals surface area contributed by atoms with Crippen molar-refractivity contribution in [2.75, 3.05) is 5.32 Å². The van der Waals surface area contributed by atoms with Crippen molar-refractivity contribution in [3.05, 3.63) is 64.2 Å². The topological polar surface area (TPSA) is 36.8 Å². The fourth-order valence-corrected chi connectivity index (χ4v) is 2.54. The molecule has 1 heterocycles. The van der Waals surface area contributed by atoms with Gasteiger partial charge in [-0.05, 0) is 41.0 Å². The number of azo groups is 1. The zero-order chi connectivity index (χ0) is 13.9. The molecule has 0 aliphatic carbocycles. The van der Waals surface area contributed by atoms with Crippen LogP contribution in [0.4, 0.5) is 5.69 Å². The van der Waals surface area contributed by atoms with E-state index in [-0.39, 0.29) is 5.50 Å². The van der Waals surface area contributed by atoms with Crippen molar-refractivity contribution in [2.24, 2.45) is 10.2 Å². The van der Waals surface area contributed by atoms with Crippen LogP contribution in [0.1, 0.15) is 22.2 Å². The predicted molar refractivity (Wildman–Crippen MR) is 82.4 cm³/mol. The van der Waals surface area contributed by atoms with Crippen LogP contribution in [0.2, 0.25) is 5.02 Å². The standard InChI is InChI=1S/C15H13Cl2N3/c16-12-3-1-10(2-4-12)8-18-13-5-6-14-11(7-13)9-19-20-15(14)17/h1-7,15,18H,8-9H2. The number of hydrogen-bond donors (Lipinski definition) is 1. The van der Waals surface area contributed by atoms with E-state index >= 15 is 0 Å². The van der Waals surface area contributed by atoms with Gasteiger partial charge in [0.05, 0.1) is 6.54 Å². The lowest BCUT2D eigenvalue weighted by Gasteiger charge is -2.16. The second kappa shape index (κ2) is 5.81.